The molecule has 0 spiro atoms. The zero-order valence-electron chi connectivity index (χ0n) is 10.7. The van der Waals surface area contributed by atoms with Crippen LogP contribution < -0.4 is 4.90 Å². The molecule has 1 aliphatic heterocycles. The average molecular weight is 253 g/mol. The van der Waals surface area contributed by atoms with Crippen molar-refractivity contribution < 1.29 is 10.2 Å². The second kappa shape index (κ2) is 4.05. The van der Waals surface area contributed by atoms with Gasteiger partial charge in [0.15, 0.2) is 11.5 Å². The zero-order valence-corrected chi connectivity index (χ0v) is 10.7. The molecule has 0 saturated carbocycles. The van der Waals surface area contributed by atoms with Crippen LogP contribution in [0, 0.1) is 0 Å². The fraction of sp³-hybridized carbons (Fsp3) is 0.125. The molecule has 0 fully saturated rings. The lowest BCUT2D eigenvalue weighted by Crippen LogP contribution is -2.22. The van der Waals surface area contributed by atoms with Gasteiger partial charge in [-0.15, -0.1) is 0 Å². The first-order valence-corrected chi connectivity index (χ1v) is 6.13. The standard InChI is InChI=1S/C16H15NO2/c1-3-10-5-4-6-12-13-8-15(19)14(18)7-11(13)9-17(2)16(10)12/h3-8,18-19H,1,9H2,2H3. The first-order chi connectivity index (χ1) is 9.11. The molecule has 0 aromatic heterocycles. The average Bonchev–Trinajstić information content (AvgIpc) is 2.40. The van der Waals surface area contributed by atoms with Gasteiger partial charge in [-0.2, -0.15) is 0 Å². The van der Waals surface area contributed by atoms with Gasteiger partial charge in [0.25, 0.3) is 0 Å². The van der Waals surface area contributed by atoms with Crippen LogP contribution in [-0.4, -0.2) is 17.3 Å². The Labute approximate surface area is 112 Å². The number of phenolic OH excluding ortho intramolecular Hbond substituents is 2. The normalized spacial score (nSPS) is 12.8. The number of anilines is 1. The monoisotopic (exact) mass is 253 g/mol. The highest BCUT2D eigenvalue weighted by Gasteiger charge is 2.22. The van der Waals surface area contributed by atoms with E-state index in [1.54, 1.807) is 12.1 Å². The summed E-state index contributed by atoms with van der Waals surface area (Å²) in [7, 11) is 2.01. The Hall–Kier alpha value is -2.42. The van der Waals surface area contributed by atoms with Crippen molar-refractivity contribution in [3.63, 3.8) is 0 Å². The van der Waals surface area contributed by atoms with Gasteiger partial charge in [0.2, 0.25) is 0 Å². The molecule has 1 heterocycles. The summed E-state index contributed by atoms with van der Waals surface area (Å²) in [5.41, 5.74) is 5.20. The van der Waals surface area contributed by atoms with E-state index in [4.69, 9.17) is 0 Å². The summed E-state index contributed by atoms with van der Waals surface area (Å²) in [5, 5.41) is 19.3. The molecule has 1 aliphatic rings. The van der Waals surface area contributed by atoms with Gasteiger partial charge in [-0.25, -0.2) is 0 Å². The summed E-state index contributed by atoms with van der Waals surface area (Å²) in [6, 6.07) is 9.28. The molecule has 3 nitrogen and oxygen atoms in total. The van der Waals surface area contributed by atoms with E-state index in [2.05, 4.69) is 11.5 Å². The van der Waals surface area contributed by atoms with E-state index in [0.29, 0.717) is 6.54 Å². The smallest absolute Gasteiger partial charge is 0.158 e. The van der Waals surface area contributed by atoms with Crippen molar-refractivity contribution in [2.75, 3.05) is 11.9 Å². The quantitative estimate of drug-likeness (QED) is 0.766. The molecule has 0 amide bonds. The maximum Gasteiger partial charge on any atom is 0.158 e. The molecule has 0 saturated heterocycles. The predicted molar refractivity (Wildman–Crippen MR) is 77.4 cm³/mol. The van der Waals surface area contributed by atoms with E-state index in [9.17, 15) is 10.2 Å². The highest BCUT2D eigenvalue weighted by atomic mass is 16.3. The fourth-order valence-electron chi connectivity index (χ4n) is 2.71. The summed E-state index contributed by atoms with van der Waals surface area (Å²) in [5.74, 6) is -0.159. The van der Waals surface area contributed by atoms with Gasteiger partial charge in [0, 0.05) is 19.2 Å². The van der Waals surface area contributed by atoms with Crippen molar-refractivity contribution in [3.05, 3.63) is 48.0 Å². The summed E-state index contributed by atoms with van der Waals surface area (Å²) < 4.78 is 0. The van der Waals surface area contributed by atoms with Crippen molar-refractivity contribution >= 4 is 11.8 Å². The Balaban J connectivity index is 2.33. The second-order valence-electron chi connectivity index (χ2n) is 4.80. The van der Waals surface area contributed by atoms with Gasteiger partial charge < -0.3 is 15.1 Å². The molecule has 0 atom stereocenters. The molecule has 0 bridgehead atoms. The molecule has 2 N–H and O–H groups in total. The van der Waals surface area contributed by atoms with Crippen LogP contribution in [0.25, 0.3) is 17.2 Å². The molecule has 19 heavy (non-hydrogen) atoms. The van der Waals surface area contributed by atoms with Crippen molar-refractivity contribution in [3.8, 4) is 22.6 Å². The van der Waals surface area contributed by atoms with Crippen molar-refractivity contribution in [2.45, 2.75) is 6.54 Å². The van der Waals surface area contributed by atoms with Crippen LogP contribution in [0.15, 0.2) is 36.9 Å². The van der Waals surface area contributed by atoms with E-state index in [1.807, 2.05) is 31.3 Å². The Kier molecular flexibility index (Phi) is 2.49. The minimum Gasteiger partial charge on any atom is -0.504 e. The highest BCUT2D eigenvalue weighted by molar-refractivity contribution is 5.89. The number of phenols is 2. The fourth-order valence-corrected chi connectivity index (χ4v) is 2.71. The SMILES string of the molecule is C=Cc1cccc2c1N(C)Cc1cc(O)c(O)cc1-2. The molecule has 3 rings (SSSR count). The van der Waals surface area contributed by atoms with E-state index in [-0.39, 0.29) is 11.5 Å². The number of hydrogen-bond donors (Lipinski definition) is 2. The summed E-state index contributed by atoms with van der Waals surface area (Å²) >= 11 is 0. The third-order valence-corrected chi connectivity index (χ3v) is 3.57. The first kappa shape index (κ1) is 11.7. The number of nitrogens with zero attached hydrogens (tertiary/aromatic N) is 1. The van der Waals surface area contributed by atoms with E-state index in [0.717, 1.165) is 27.9 Å². The topological polar surface area (TPSA) is 43.7 Å². The van der Waals surface area contributed by atoms with E-state index < -0.39 is 0 Å². The van der Waals surface area contributed by atoms with Crippen LogP contribution in [0.3, 0.4) is 0 Å². The van der Waals surface area contributed by atoms with E-state index >= 15 is 0 Å². The minimum absolute atomic E-state index is 0.0736. The van der Waals surface area contributed by atoms with Gasteiger partial charge in [-0.3, -0.25) is 0 Å². The molecule has 3 heteroatoms. The highest BCUT2D eigenvalue weighted by Crippen LogP contribution is 2.44. The molecule has 96 valence electrons. The number of rotatable bonds is 1. The molecular weight excluding hydrogens is 238 g/mol. The molecule has 0 aliphatic carbocycles. The number of hydrogen-bond acceptors (Lipinski definition) is 3. The van der Waals surface area contributed by atoms with E-state index in [1.165, 1.54) is 0 Å². The maximum absolute atomic E-state index is 9.71. The van der Waals surface area contributed by atoms with Gasteiger partial charge in [0.05, 0.1) is 5.69 Å². The van der Waals surface area contributed by atoms with Crippen molar-refractivity contribution in [1.29, 1.82) is 0 Å². The molecule has 2 aromatic rings. The zero-order chi connectivity index (χ0) is 13.6. The van der Waals surface area contributed by atoms with Crippen LogP contribution in [0.5, 0.6) is 11.5 Å². The Bertz CT molecular complexity index is 677. The van der Waals surface area contributed by atoms with Crippen molar-refractivity contribution in [1.82, 2.24) is 0 Å². The number of para-hydroxylation sites is 1. The minimum atomic E-state index is -0.0849. The Morgan fingerprint density at radius 2 is 1.89 bits per heavy atom. The largest absolute Gasteiger partial charge is 0.504 e. The third-order valence-electron chi connectivity index (χ3n) is 3.57. The Morgan fingerprint density at radius 3 is 2.63 bits per heavy atom. The number of benzene rings is 2. The maximum atomic E-state index is 9.71. The third kappa shape index (κ3) is 1.66. The second-order valence-corrected chi connectivity index (χ2v) is 4.80. The lowest BCUT2D eigenvalue weighted by atomic mass is 9.91. The van der Waals surface area contributed by atoms with Gasteiger partial charge in [0.1, 0.15) is 0 Å². The summed E-state index contributed by atoms with van der Waals surface area (Å²) in [6.07, 6.45) is 1.83. The van der Waals surface area contributed by atoms with Crippen LogP contribution in [0.2, 0.25) is 0 Å². The summed E-state index contributed by atoms with van der Waals surface area (Å²) in [4.78, 5) is 2.13. The molecule has 2 aromatic carbocycles. The van der Waals surface area contributed by atoms with Crippen molar-refractivity contribution in [2.24, 2.45) is 0 Å². The first-order valence-electron chi connectivity index (χ1n) is 6.13. The van der Waals surface area contributed by atoms with Gasteiger partial charge >= 0.3 is 0 Å². The van der Waals surface area contributed by atoms with Crippen LogP contribution in [-0.2, 0) is 6.54 Å². The Morgan fingerprint density at radius 1 is 1.16 bits per heavy atom. The van der Waals surface area contributed by atoms with Crippen LogP contribution >= 0.6 is 0 Å². The number of aromatic hydroxyl groups is 2. The lowest BCUT2D eigenvalue weighted by Gasteiger charge is -2.31. The molecule has 0 unspecified atom stereocenters. The predicted octanol–water partition coefficient (Wildman–Crippen LogP) is 3.36. The molecular formula is C16H15NO2. The van der Waals surface area contributed by atoms with Gasteiger partial charge in [-0.05, 0) is 28.8 Å². The van der Waals surface area contributed by atoms with Crippen LogP contribution in [0.4, 0.5) is 5.69 Å². The van der Waals surface area contributed by atoms with Crippen LogP contribution in [0.1, 0.15) is 11.1 Å². The lowest BCUT2D eigenvalue weighted by molar-refractivity contribution is 0.403. The number of fused-ring (bicyclic) bond motifs is 3. The van der Waals surface area contributed by atoms with Gasteiger partial charge in [-0.1, -0.05) is 30.9 Å². The summed E-state index contributed by atoms with van der Waals surface area (Å²) in [6.45, 7) is 4.54. The molecule has 0 radical (unpaired) electrons.